The normalized spacial score (nSPS) is 14.7. The van der Waals surface area contributed by atoms with Crippen LogP contribution in [0.4, 0.5) is 19.2 Å². The quantitative estimate of drug-likeness (QED) is 0.747. The number of aromatic nitrogens is 3. The van der Waals surface area contributed by atoms with Crippen LogP contribution in [0.3, 0.4) is 0 Å². The lowest BCUT2D eigenvalue weighted by Crippen LogP contribution is -2.45. The van der Waals surface area contributed by atoms with Gasteiger partial charge in [-0.25, -0.2) is 4.98 Å². The standard InChI is InChI=1S/C15H15F3N4O2/c1-22-9-8-19-12(22)14(23,15(16,17)18)6-7-20-13-21-10-4-2-3-5-11(10)24-13/h2-5,8-9,23H,6-7H2,1H3,(H,20,21)/t14-/m0/s1. The number of benzene rings is 1. The van der Waals surface area contributed by atoms with Crippen LogP contribution in [0.15, 0.2) is 41.1 Å². The van der Waals surface area contributed by atoms with Crippen LogP contribution < -0.4 is 5.32 Å². The number of hydrogen-bond acceptors (Lipinski definition) is 5. The highest BCUT2D eigenvalue weighted by atomic mass is 19.4. The first-order chi connectivity index (χ1) is 11.3. The number of aryl methyl sites for hydroxylation is 1. The Labute approximate surface area is 134 Å². The predicted octanol–water partition coefficient (Wildman–Crippen LogP) is 2.81. The molecule has 0 radical (unpaired) electrons. The molecule has 0 unspecified atom stereocenters. The number of alkyl halides is 3. The van der Waals surface area contributed by atoms with E-state index in [9.17, 15) is 18.3 Å². The molecular formula is C15H15F3N4O2. The molecule has 1 aromatic carbocycles. The van der Waals surface area contributed by atoms with E-state index in [-0.39, 0.29) is 12.6 Å². The van der Waals surface area contributed by atoms with Crippen molar-refractivity contribution in [3.05, 3.63) is 42.5 Å². The van der Waals surface area contributed by atoms with Gasteiger partial charge in [-0.15, -0.1) is 0 Å². The van der Waals surface area contributed by atoms with Crippen molar-refractivity contribution >= 4 is 17.1 Å². The van der Waals surface area contributed by atoms with Gasteiger partial charge in [-0.2, -0.15) is 18.2 Å². The van der Waals surface area contributed by atoms with Crippen molar-refractivity contribution in [1.29, 1.82) is 0 Å². The monoisotopic (exact) mass is 340 g/mol. The Hall–Kier alpha value is -2.55. The lowest BCUT2D eigenvalue weighted by Gasteiger charge is -2.29. The molecule has 6 nitrogen and oxygen atoms in total. The summed E-state index contributed by atoms with van der Waals surface area (Å²) in [6.07, 6.45) is -2.95. The lowest BCUT2D eigenvalue weighted by atomic mass is 9.97. The molecule has 3 aromatic rings. The van der Waals surface area contributed by atoms with E-state index in [0.717, 1.165) is 4.57 Å². The summed E-state index contributed by atoms with van der Waals surface area (Å²) in [7, 11) is 1.40. The summed E-state index contributed by atoms with van der Waals surface area (Å²) < 4.78 is 46.6. The fraction of sp³-hybridized carbons (Fsp3) is 0.333. The number of nitrogens with one attached hydrogen (secondary N) is 1. The first kappa shape index (κ1) is 16.3. The first-order valence-electron chi connectivity index (χ1n) is 7.17. The third-order valence-corrected chi connectivity index (χ3v) is 3.72. The number of rotatable bonds is 5. The first-order valence-corrected chi connectivity index (χ1v) is 7.17. The SMILES string of the molecule is Cn1ccnc1[C@@](O)(CCNc1nc2ccccc2o1)C(F)(F)F. The second-order valence-electron chi connectivity index (χ2n) is 5.38. The summed E-state index contributed by atoms with van der Waals surface area (Å²) >= 11 is 0. The van der Waals surface area contributed by atoms with Crippen molar-refractivity contribution in [1.82, 2.24) is 14.5 Å². The van der Waals surface area contributed by atoms with Crippen LogP contribution in [0, 0.1) is 0 Å². The molecule has 0 spiro atoms. The second-order valence-corrected chi connectivity index (χ2v) is 5.38. The summed E-state index contributed by atoms with van der Waals surface area (Å²) in [6, 6.07) is 7.07. The van der Waals surface area contributed by atoms with E-state index < -0.39 is 24.0 Å². The Morgan fingerprint density at radius 3 is 2.67 bits per heavy atom. The molecule has 0 aliphatic heterocycles. The van der Waals surface area contributed by atoms with Crippen LogP contribution in [-0.2, 0) is 12.6 Å². The molecule has 2 aromatic heterocycles. The molecule has 0 bridgehead atoms. The molecular weight excluding hydrogens is 325 g/mol. The fourth-order valence-electron chi connectivity index (χ4n) is 2.44. The Kier molecular flexibility index (Phi) is 3.96. The molecule has 0 fully saturated rings. The summed E-state index contributed by atoms with van der Waals surface area (Å²) in [4.78, 5) is 7.75. The zero-order valence-electron chi connectivity index (χ0n) is 12.7. The van der Waals surface area contributed by atoms with Gasteiger partial charge in [0.15, 0.2) is 5.58 Å². The van der Waals surface area contributed by atoms with E-state index in [1.165, 1.54) is 19.4 Å². The number of halogens is 3. The van der Waals surface area contributed by atoms with E-state index in [1.807, 2.05) is 0 Å². The number of aliphatic hydroxyl groups is 1. The molecule has 0 aliphatic rings. The van der Waals surface area contributed by atoms with Gasteiger partial charge < -0.3 is 19.4 Å². The van der Waals surface area contributed by atoms with Gasteiger partial charge in [0.05, 0.1) is 0 Å². The molecule has 2 N–H and O–H groups in total. The number of nitrogens with zero attached hydrogens (tertiary/aromatic N) is 3. The molecule has 24 heavy (non-hydrogen) atoms. The Morgan fingerprint density at radius 1 is 1.29 bits per heavy atom. The Bertz CT molecular complexity index is 809. The van der Waals surface area contributed by atoms with Gasteiger partial charge in [-0.05, 0) is 12.1 Å². The summed E-state index contributed by atoms with van der Waals surface area (Å²) in [5.41, 5.74) is -1.95. The van der Waals surface area contributed by atoms with Gasteiger partial charge in [0.2, 0.25) is 5.60 Å². The summed E-state index contributed by atoms with van der Waals surface area (Å²) in [6.45, 7) is -0.199. The van der Waals surface area contributed by atoms with Crippen molar-refractivity contribution in [2.45, 2.75) is 18.2 Å². The van der Waals surface area contributed by atoms with E-state index in [2.05, 4.69) is 15.3 Å². The second kappa shape index (κ2) is 5.82. The van der Waals surface area contributed by atoms with E-state index in [4.69, 9.17) is 4.42 Å². The van der Waals surface area contributed by atoms with Crippen molar-refractivity contribution in [3.63, 3.8) is 0 Å². The molecule has 0 saturated carbocycles. The third-order valence-electron chi connectivity index (χ3n) is 3.72. The zero-order chi connectivity index (χ0) is 17.4. The van der Waals surface area contributed by atoms with Crippen LogP contribution >= 0.6 is 0 Å². The molecule has 0 saturated heterocycles. The van der Waals surface area contributed by atoms with Crippen LogP contribution in [0.5, 0.6) is 0 Å². The van der Waals surface area contributed by atoms with Crippen LogP contribution in [0.2, 0.25) is 0 Å². The van der Waals surface area contributed by atoms with E-state index in [1.54, 1.807) is 24.3 Å². The number of oxazole rings is 1. The van der Waals surface area contributed by atoms with Crippen molar-refractivity contribution in [2.24, 2.45) is 7.05 Å². The van der Waals surface area contributed by atoms with Gasteiger partial charge >= 0.3 is 6.18 Å². The summed E-state index contributed by atoms with van der Waals surface area (Å²) in [5.74, 6) is -0.464. The van der Waals surface area contributed by atoms with Gasteiger partial charge in [-0.1, -0.05) is 12.1 Å². The number of hydrogen-bond donors (Lipinski definition) is 2. The van der Waals surface area contributed by atoms with Crippen molar-refractivity contribution < 1.29 is 22.7 Å². The minimum Gasteiger partial charge on any atom is -0.424 e. The van der Waals surface area contributed by atoms with Gasteiger partial charge in [0.25, 0.3) is 6.01 Å². The molecule has 2 heterocycles. The van der Waals surface area contributed by atoms with Crippen LogP contribution in [-0.4, -0.2) is 32.4 Å². The molecule has 3 rings (SSSR count). The molecule has 0 aliphatic carbocycles. The van der Waals surface area contributed by atoms with Gasteiger partial charge in [-0.3, -0.25) is 0 Å². The van der Waals surface area contributed by atoms with Crippen molar-refractivity contribution in [2.75, 3.05) is 11.9 Å². The average molecular weight is 340 g/mol. The molecule has 9 heteroatoms. The van der Waals surface area contributed by atoms with Gasteiger partial charge in [0, 0.05) is 32.4 Å². The zero-order valence-corrected chi connectivity index (χ0v) is 12.7. The maximum atomic E-state index is 13.4. The minimum atomic E-state index is -4.87. The van der Waals surface area contributed by atoms with Gasteiger partial charge in [0.1, 0.15) is 11.3 Å². The third kappa shape index (κ3) is 2.82. The smallest absolute Gasteiger partial charge is 0.424 e. The molecule has 128 valence electrons. The van der Waals surface area contributed by atoms with E-state index in [0.29, 0.717) is 11.1 Å². The number of para-hydroxylation sites is 2. The lowest BCUT2D eigenvalue weighted by molar-refractivity contribution is -0.271. The number of fused-ring (bicyclic) bond motifs is 1. The molecule has 1 atom stereocenters. The van der Waals surface area contributed by atoms with Crippen LogP contribution in [0.25, 0.3) is 11.1 Å². The average Bonchev–Trinajstić information content (AvgIpc) is 3.11. The number of anilines is 1. The maximum Gasteiger partial charge on any atom is 0.424 e. The predicted molar refractivity (Wildman–Crippen MR) is 80.3 cm³/mol. The topological polar surface area (TPSA) is 76.1 Å². The number of imidazole rings is 1. The minimum absolute atomic E-state index is 0.0977. The highest BCUT2D eigenvalue weighted by Gasteiger charge is 2.57. The Balaban J connectivity index is 1.76. The fourth-order valence-corrected chi connectivity index (χ4v) is 2.44. The van der Waals surface area contributed by atoms with E-state index >= 15 is 0 Å². The van der Waals surface area contributed by atoms with Crippen molar-refractivity contribution in [3.8, 4) is 0 Å². The highest BCUT2D eigenvalue weighted by Crippen LogP contribution is 2.40. The Morgan fingerprint density at radius 2 is 2.04 bits per heavy atom. The maximum absolute atomic E-state index is 13.4. The highest BCUT2D eigenvalue weighted by molar-refractivity contribution is 5.74. The largest absolute Gasteiger partial charge is 0.424 e. The summed E-state index contributed by atoms with van der Waals surface area (Å²) in [5, 5.41) is 12.9. The van der Waals surface area contributed by atoms with Crippen LogP contribution in [0.1, 0.15) is 12.2 Å². The molecule has 0 amide bonds.